The Balaban J connectivity index is 1.80. The van der Waals surface area contributed by atoms with Gasteiger partial charge in [0.05, 0.1) is 32.1 Å². The fraction of sp³-hybridized carbons (Fsp3) is 0.409. The Kier molecular flexibility index (Phi) is 8.98. The minimum Gasteiger partial charge on any atom is -0.494 e. The van der Waals surface area contributed by atoms with Crippen LogP contribution in [0, 0.1) is 0 Å². The third-order valence-corrected chi connectivity index (χ3v) is 3.79. The molecule has 1 N–H and O–H groups in total. The van der Waals surface area contributed by atoms with E-state index in [2.05, 4.69) is 5.32 Å². The first kappa shape index (κ1) is 21.4. The first-order chi connectivity index (χ1) is 13.7. The van der Waals surface area contributed by atoms with Crippen molar-refractivity contribution in [3.05, 3.63) is 42.5 Å². The Morgan fingerprint density at radius 3 is 2.00 bits per heavy atom. The van der Waals surface area contributed by atoms with Crippen molar-refractivity contribution >= 4 is 11.6 Å². The number of nitrogens with one attached hydrogen (secondary N) is 1. The summed E-state index contributed by atoms with van der Waals surface area (Å²) in [6, 6.07) is 12.9. The van der Waals surface area contributed by atoms with Gasteiger partial charge < -0.3 is 24.3 Å². The maximum atomic E-state index is 12.3. The van der Waals surface area contributed by atoms with E-state index >= 15 is 0 Å². The number of benzene rings is 2. The van der Waals surface area contributed by atoms with Crippen LogP contribution in [0.1, 0.15) is 33.6 Å². The molecule has 0 heterocycles. The lowest BCUT2D eigenvalue weighted by Gasteiger charge is -2.13. The second-order valence-electron chi connectivity index (χ2n) is 5.93. The maximum Gasteiger partial charge on any atom is 0.224 e. The molecule has 6 heteroatoms. The lowest BCUT2D eigenvalue weighted by Crippen LogP contribution is -2.14. The number of rotatable bonds is 12. The molecular weight excluding hydrogens is 358 g/mol. The van der Waals surface area contributed by atoms with Crippen LogP contribution in [0.25, 0.3) is 0 Å². The van der Waals surface area contributed by atoms with Crippen LogP contribution in [0.2, 0.25) is 0 Å². The Morgan fingerprint density at radius 2 is 1.36 bits per heavy atom. The van der Waals surface area contributed by atoms with Crippen LogP contribution in [0.4, 0.5) is 5.69 Å². The number of carbonyl (C=O) groups excluding carboxylic acids is 1. The highest BCUT2D eigenvalue weighted by molar-refractivity contribution is 5.92. The minimum absolute atomic E-state index is 0.0927. The summed E-state index contributed by atoms with van der Waals surface area (Å²) in [5, 5.41) is 2.90. The molecule has 1 amide bonds. The van der Waals surface area contributed by atoms with Crippen molar-refractivity contribution in [3.8, 4) is 23.0 Å². The van der Waals surface area contributed by atoms with Gasteiger partial charge in [-0.15, -0.1) is 0 Å². The Bertz CT molecular complexity index is 730. The number of hydrogen-bond donors (Lipinski definition) is 1. The zero-order chi connectivity index (χ0) is 20.2. The second-order valence-corrected chi connectivity index (χ2v) is 5.93. The summed E-state index contributed by atoms with van der Waals surface area (Å²) in [5.41, 5.74) is 0.616. The van der Waals surface area contributed by atoms with Crippen LogP contribution >= 0.6 is 0 Å². The molecule has 0 unspecified atom stereocenters. The number of ether oxygens (including phenoxy) is 4. The number of amides is 1. The van der Waals surface area contributed by atoms with Crippen molar-refractivity contribution in [1.82, 2.24) is 0 Å². The van der Waals surface area contributed by atoms with E-state index < -0.39 is 0 Å². The molecule has 28 heavy (non-hydrogen) atoms. The van der Waals surface area contributed by atoms with E-state index in [-0.39, 0.29) is 5.91 Å². The van der Waals surface area contributed by atoms with Crippen molar-refractivity contribution in [2.75, 3.05) is 31.7 Å². The summed E-state index contributed by atoms with van der Waals surface area (Å²) in [5.74, 6) is 2.80. The summed E-state index contributed by atoms with van der Waals surface area (Å²) >= 11 is 0. The lowest BCUT2D eigenvalue weighted by molar-refractivity contribution is -0.116. The summed E-state index contributed by atoms with van der Waals surface area (Å²) in [6.07, 6.45) is 0.954. The molecule has 0 saturated heterocycles. The van der Waals surface area contributed by atoms with Gasteiger partial charge >= 0.3 is 0 Å². The lowest BCUT2D eigenvalue weighted by atomic mass is 10.2. The molecule has 0 saturated carbocycles. The molecule has 0 aliphatic carbocycles. The van der Waals surface area contributed by atoms with Gasteiger partial charge in [0.25, 0.3) is 0 Å². The van der Waals surface area contributed by atoms with Crippen LogP contribution in [-0.2, 0) is 4.79 Å². The van der Waals surface area contributed by atoms with Gasteiger partial charge in [0.2, 0.25) is 5.91 Å². The van der Waals surface area contributed by atoms with Gasteiger partial charge in [-0.2, -0.15) is 0 Å². The number of hydrogen-bond acceptors (Lipinski definition) is 5. The summed E-state index contributed by atoms with van der Waals surface area (Å²) in [4.78, 5) is 12.3. The standard InChI is InChI=1S/C22H29NO5/c1-4-25-17-9-11-18(12-10-17)28-15-7-8-22(24)23-20-16-19(26-5-2)13-14-21(20)27-6-3/h9-14,16H,4-8,15H2,1-3H3,(H,23,24). The highest BCUT2D eigenvalue weighted by atomic mass is 16.5. The molecular formula is C22H29NO5. The maximum absolute atomic E-state index is 12.3. The molecule has 2 aromatic rings. The first-order valence-corrected chi connectivity index (χ1v) is 9.71. The normalized spacial score (nSPS) is 10.2. The minimum atomic E-state index is -0.0927. The molecule has 2 rings (SSSR count). The first-order valence-electron chi connectivity index (χ1n) is 9.71. The van der Waals surface area contributed by atoms with Crippen molar-refractivity contribution in [2.45, 2.75) is 33.6 Å². The smallest absolute Gasteiger partial charge is 0.224 e. The second kappa shape index (κ2) is 11.7. The molecule has 0 aromatic heterocycles. The zero-order valence-corrected chi connectivity index (χ0v) is 16.8. The highest BCUT2D eigenvalue weighted by Crippen LogP contribution is 2.29. The zero-order valence-electron chi connectivity index (χ0n) is 16.8. The Morgan fingerprint density at radius 1 is 0.786 bits per heavy atom. The summed E-state index contributed by atoms with van der Waals surface area (Å²) in [6.45, 7) is 7.93. The van der Waals surface area contributed by atoms with Crippen LogP contribution in [0.5, 0.6) is 23.0 Å². The van der Waals surface area contributed by atoms with Crippen LogP contribution in [0.15, 0.2) is 42.5 Å². The number of carbonyl (C=O) groups is 1. The monoisotopic (exact) mass is 387 g/mol. The third kappa shape index (κ3) is 7.02. The molecule has 0 spiro atoms. The van der Waals surface area contributed by atoms with E-state index in [1.54, 1.807) is 12.1 Å². The topological polar surface area (TPSA) is 66.0 Å². The predicted octanol–water partition coefficient (Wildman–Crippen LogP) is 4.68. The van der Waals surface area contributed by atoms with Gasteiger partial charge in [-0.3, -0.25) is 4.79 Å². The van der Waals surface area contributed by atoms with E-state index in [0.29, 0.717) is 56.5 Å². The average molecular weight is 387 g/mol. The molecule has 0 aliphatic heterocycles. The van der Waals surface area contributed by atoms with Crippen molar-refractivity contribution in [3.63, 3.8) is 0 Å². The van der Waals surface area contributed by atoms with E-state index in [1.807, 2.05) is 51.1 Å². The van der Waals surface area contributed by atoms with E-state index in [0.717, 1.165) is 11.5 Å². The van der Waals surface area contributed by atoms with Gasteiger partial charge in [0.15, 0.2) is 0 Å². The Hall–Kier alpha value is -2.89. The van der Waals surface area contributed by atoms with Crippen molar-refractivity contribution < 1.29 is 23.7 Å². The summed E-state index contributed by atoms with van der Waals surface area (Å²) in [7, 11) is 0. The van der Waals surface area contributed by atoms with E-state index in [1.165, 1.54) is 0 Å². The van der Waals surface area contributed by atoms with Gasteiger partial charge in [-0.05, 0) is 63.6 Å². The van der Waals surface area contributed by atoms with Crippen molar-refractivity contribution in [2.24, 2.45) is 0 Å². The quantitative estimate of drug-likeness (QED) is 0.536. The average Bonchev–Trinajstić information content (AvgIpc) is 2.69. The summed E-state index contributed by atoms with van der Waals surface area (Å²) < 4.78 is 22.1. The van der Waals surface area contributed by atoms with Gasteiger partial charge in [0, 0.05) is 12.5 Å². The molecule has 0 bridgehead atoms. The van der Waals surface area contributed by atoms with Gasteiger partial charge in [-0.25, -0.2) is 0 Å². The van der Waals surface area contributed by atoms with Crippen LogP contribution in [-0.4, -0.2) is 32.3 Å². The van der Waals surface area contributed by atoms with Crippen LogP contribution in [0.3, 0.4) is 0 Å². The van der Waals surface area contributed by atoms with Gasteiger partial charge in [0.1, 0.15) is 23.0 Å². The third-order valence-electron chi connectivity index (χ3n) is 3.79. The van der Waals surface area contributed by atoms with E-state index in [9.17, 15) is 4.79 Å². The van der Waals surface area contributed by atoms with Crippen LogP contribution < -0.4 is 24.3 Å². The fourth-order valence-electron chi connectivity index (χ4n) is 2.58. The SMILES string of the molecule is CCOc1ccc(OCCCC(=O)Nc2cc(OCC)ccc2OCC)cc1. The largest absolute Gasteiger partial charge is 0.494 e. The predicted molar refractivity (Wildman–Crippen MR) is 110 cm³/mol. The molecule has 152 valence electrons. The Labute approximate surface area is 166 Å². The fourth-order valence-corrected chi connectivity index (χ4v) is 2.58. The number of anilines is 1. The highest BCUT2D eigenvalue weighted by Gasteiger charge is 2.10. The molecule has 0 aliphatic rings. The molecule has 0 radical (unpaired) electrons. The molecule has 0 atom stereocenters. The molecule has 6 nitrogen and oxygen atoms in total. The molecule has 0 fully saturated rings. The van der Waals surface area contributed by atoms with Gasteiger partial charge in [-0.1, -0.05) is 0 Å². The molecule has 2 aromatic carbocycles. The van der Waals surface area contributed by atoms with Crippen molar-refractivity contribution in [1.29, 1.82) is 0 Å². The van der Waals surface area contributed by atoms with E-state index in [4.69, 9.17) is 18.9 Å².